The number of azide groups is 1. The van der Waals surface area contributed by atoms with Gasteiger partial charge in [0.15, 0.2) is 11.0 Å². The van der Waals surface area contributed by atoms with Crippen LogP contribution in [0.1, 0.15) is 0 Å². The van der Waals surface area contributed by atoms with E-state index in [1.165, 1.54) is 6.07 Å². The van der Waals surface area contributed by atoms with Crippen LogP contribution in [0.3, 0.4) is 0 Å². The van der Waals surface area contributed by atoms with E-state index in [-0.39, 0.29) is 22.4 Å². The van der Waals surface area contributed by atoms with E-state index in [2.05, 4.69) is 10.0 Å². The molecule has 22 heavy (non-hydrogen) atoms. The van der Waals surface area contributed by atoms with Crippen molar-refractivity contribution < 1.29 is 14.6 Å². The minimum absolute atomic E-state index is 0.153. The van der Waals surface area contributed by atoms with Gasteiger partial charge in [-0.3, -0.25) is 4.79 Å². The number of hydrogen-bond donors (Lipinski definition) is 2. The average molecular weight is 295 g/mol. The van der Waals surface area contributed by atoms with E-state index in [0.29, 0.717) is 5.56 Å². The van der Waals surface area contributed by atoms with Crippen molar-refractivity contribution >= 4 is 16.7 Å². The maximum absolute atomic E-state index is 12.2. The maximum Gasteiger partial charge on any atom is 0.197 e. The number of nitrogens with zero attached hydrogens (tertiary/aromatic N) is 3. The lowest BCUT2D eigenvalue weighted by molar-refractivity contribution is 0.453. The number of phenolic OH excluding ortho intramolecular Hbond substituents is 2. The fourth-order valence-corrected chi connectivity index (χ4v) is 2.18. The van der Waals surface area contributed by atoms with Gasteiger partial charge in [0.1, 0.15) is 28.3 Å². The van der Waals surface area contributed by atoms with Crippen molar-refractivity contribution in [1.82, 2.24) is 0 Å². The van der Waals surface area contributed by atoms with Gasteiger partial charge in [-0.2, -0.15) is 0 Å². The number of aromatic hydroxyl groups is 2. The molecule has 2 N–H and O–H groups in total. The first-order chi connectivity index (χ1) is 10.6. The molecule has 0 aliphatic rings. The third-order valence-corrected chi connectivity index (χ3v) is 3.14. The topological polar surface area (TPSA) is 119 Å². The van der Waals surface area contributed by atoms with Crippen LogP contribution in [0.2, 0.25) is 0 Å². The summed E-state index contributed by atoms with van der Waals surface area (Å²) in [4.78, 5) is 14.8. The van der Waals surface area contributed by atoms with Crippen LogP contribution in [0.5, 0.6) is 11.5 Å². The Kier molecular flexibility index (Phi) is 3.17. The first-order valence-electron chi connectivity index (χ1n) is 6.25. The molecule has 3 rings (SSSR count). The molecular weight excluding hydrogens is 286 g/mol. The molecule has 0 saturated heterocycles. The maximum atomic E-state index is 12.2. The Morgan fingerprint density at radius 3 is 2.50 bits per heavy atom. The minimum atomic E-state index is -0.507. The average Bonchev–Trinajstić information content (AvgIpc) is 2.51. The number of benzene rings is 2. The summed E-state index contributed by atoms with van der Waals surface area (Å²) in [5.74, 6) is -0.689. The Bertz CT molecular complexity index is 973. The molecular formula is C15H9N3O4. The fraction of sp³-hybridized carbons (Fsp3) is 0. The zero-order valence-corrected chi connectivity index (χ0v) is 11.1. The second kappa shape index (κ2) is 5.16. The molecule has 1 heterocycles. The van der Waals surface area contributed by atoms with E-state index < -0.39 is 16.9 Å². The Balaban J connectivity index is 2.45. The molecule has 2 aromatic carbocycles. The van der Waals surface area contributed by atoms with Gasteiger partial charge in [-0.1, -0.05) is 35.4 Å². The molecule has 0 atom stereocenters. The molecule has 0 saturated carbocycles. The van der Waals surface area contributed by atoms with Gasteiger partial charge in [-0.25, -0.2) is 0 Å². The van der Waals surface area contributed by atoms with Gasteiger partial charge in [0.05, 0.1) is 0 Å². The first kappa shape index (κ1) is 13.5. The quantitative estimate of drug-likeness (QED) is 0.424. The summed E-state index contributed by atoms with van der Waals surface area (Å²) in [5.41, 5.74) is 8.31. The zero-order chi connectivity index (χ0) is 15.7. The predicted octanol–water partition coefficient (Wildman–Crippen LogP) is 3.81. The molecule has 0 amide bonds. The molecule has 108 valence electrons. The summed E-state index contributed by atoms with van der Waals surface area (Å²) in [6.45, 7) is 0. The van der Waals surface area contributed by atoms with Crippen LogP contribution in [-0.2, 0) is 0 Å². The lowest BCUT2D eigenvalue weighted by Gasteiger charge is -2.08. The van der Waals surface area contributed by atoms with Gasteiger partial charge in [-0.05, 0) is 5.53 Å². The monoisotopic (exact) mass is 295 g/mol. The van der Waals surface area contributed by atoms with Gasteiger partial charge in [0.25, 0.3) is 0 Å². The summed E-state index contributed by atoms with van der Waals surface area (Å²) < 4.78 is 5.59. The van der Waals surface area contributed by atoms with Crippen LogP contribution in [0.15, 0.2) is 56.8 Å². The molecule has 3 aromatic rings. The van der Waals surface area contributed by atoms with Crippen LogP contribution in [-0.4, -0.2) is 10.2 Å². The molecule has 0 fully saturated rings. The number of hydrogen-bond acceptors (Lipinski definition) is 5. The van der Waals surface area contributed by atoms with E-state index in [4.69, 9.17) is 9.95 Å². The molecule has 0 spiro atoms. The van der Waals surface area contributed by atoms with E-state index >= 15 is 0 Å². The predicted molar refractivity (Wildman–Crippen MR) is 80.1 cm³/mol. The lowest BCUT2D eigenvalue weighted by Crippen LogP contribution is -2.01. The lowest BCUT2D eigenvalue weighted by atomic mass is 10.1. The molecule has 7 heteroatoms. The van der Waals surface area contributed by atoms with Gasteiger partial charge in [-0.15, -0.1) is 0 Å². The zero-order valence-electron chi connectivity index (χ0n) is 11.1. The number of rotatable bonds is 2. The number of fused-ring (bicyclic) bond motifs is 1. The Morgan fingerprint density at radius 2 is 1.82 bits per heavy atom. The van der Waals surface area contributed by atoms with Gasteiger partial charge in [0, 0.05) is 22.6 Å². The summed E-state index contributed by atoms with van der Waals surface area (Å²) in [5, 5.41) is 22.8. The van der Waals surface area contributed by atoms with Crippen LogP contribution in [0, 0.1) is 0 Å². The van der Waals surface area contributed by atoms with Gasteiger partial charge in [0.2, 0.25) is 0 Å². The smallest absolute Gasteiger partial charge is 0.197 e. The van der Waals surface area contributed by atoms with Crippen molar-refractivity contribution in [1.29, 1.82) is 0 Å². The van der Waals surface area contributed by atoms with Crippen molar-refractivity contribution in [2.45, 2.75) is 0 Å². The van der Waals surface area contributed by atoms with E-state index in [9.17, 15) is 15.0 Å². The highest BCUT2D eigenvalue weighted by Crippen LogP contribution is 2.40. The molecule has 7 nitrogen and oxygen atoms in total. The van der Waals surface area contributed by atoms with Crippen molar-refractivity contribution in [3.63, 3.8) is 0 Å². The highest BCUT2D eigenvalue weighted by Gasteiger charge is 2.17. The minimum Gasteiger partial charge on any atom is -0.507 e. The Labute approximate surface area is 123 Å². The molecule has 1 aromatic heterocycles. The van der Waals surface area contributed by atoms with Crippen molar-refractivity contribution in [3.8, 4) is 22.8 Å². The van der Waals surface area contributed by atoms with Crippen LogP contribution in [0.4, 0.5) is 5.69 Å². The molecule has 0 aliphatic carbocycles. The first-order valence-corrected chi connectivity index (χ1v) is 6.25. The molecule has 0 radical (unpaired) electrons. The number of phenols is 2. The van der Waals surface area contributed by atoms with Crippen LogP contribution < -0.4 is 5.43 Å². The van der Waals surface area contributed by atoms with E-state index in [0.717, 1.165) is 6.07 Å². The van der Waals surface area contributed by atoms with E-state index in [1.807, 2.05) is 6.07 Å². The van der Waals surface area contributed by atoms with Crippen molar-refractivity contribution in [2.24, 2.45) is 5.11 Å². The van der Waals surface area contributed by atoms with Crippen molar-refractivity contribution in [3.05, 3.63) is 63.1 Å². The fourth-order valence-electron chi connectivity index (χ4n) is 2.18. The Morgan fingerprint density at radius 1 is 1.09 bits per heavy atom. The summed E-state index contributed by atoms with van der Waals surface area (Å²) in [6, 6.07) is 11.0. The largest absolute Gasteiger partial charge is 0.507 e. The molecule has 0 bridgehead atoms. The summed E-state index contributed by atoms with van der Waals surface area (Å²) in [7, 11) is 0. The third kappa shape index (κ3) is 2.11. The van der Waals surface area contributed by atoms with Crippen molar-refractivity contribution in [2.75, 3.05) is 0 Å². The normalized spacial score (nSPS) is 10.4. The van der Waals surface area contributed by atoms with Gasteiger partial charge < -0.3 is 14.6 Å². The molecule has 0 unspecified atom stereocenters. The van der Waals surface area contributed by atoms with Crippen LogP contribution in [0.25, 0.3) is 32.7 Å². The van der Waals surface area contributed by atoms with Gasteiger partial charge >= 0.3 is 0 Å². The summed E-state index contributed by atoms with van der Waals surface area (Å²) in [6.07, 6.45) is 0. The summed E-state index contributed by atoms with van der Waals surface area (Å²) >= 11 is 0. The third-order valence-electron chi connectivity index (χ3n) is 3.14. The van der Waals surface area contributed by atoms with E-state index in [1.54, 1.807) is 24.3 Å². The standard InChI is InChI=1S/C15H9N3O4/c16-18-17-14-11(21)6-9(19)13-10(20)7-12(22-15(13)14)8-4-2-1-3-5-8/h1-7,19,21H. The second-order valence-corrected chi connectivity index (χ2v) is 4.50. The Hall–Kier alpha value is -3.44. The SMILES string of the molecule is [N-]=[N+]=Nc1c(O)cc(O)c2c(=O)cc(-c3ccccc3)oc12. The molecule has 0 aliphatic heterocycles. The second-order valence-electron chi connectivity index (χ2n) is 4.50. The highest BCUT2D eigenvalue weighted by molar-refractivity contribution is 5.95. The highest BCUT2D eigenvalue weighted by atomic mass is 16.3. The van der Waals surface area contributed by atoms with Crippen LogP contribution >= 0.6 is 0 Å².